The van der Waals surface area contributed by atoms with Crippen LogP contribution in [-0.4, -0.2) is 34.5 Å². The summed E-state index contributed by atoms with van der Waals surface area (Å²) in [5.74, 6) is 1.74. The van der Waals surface area contributed by atoms with Crippen LogP contribution in [0.1, 0.15) is 107 Å². The van der Waals surface area contributed by atoms with E-state index in [4.69, 9.17) is 4.74 Å². The minimum atomic E-state index is -0.611. The number of carbonyl (C=O) groups is 1. The van der Waals surface area contributed by atoms with Crippen molar-refractivity contribution in [1.29, 1.82) is 0 Å². The summed E-state index contributed by atoms with van der Waals surface area (Å²) in [5.41, 5.74) is 1.09. The van der Waals surface area contributed by atoms with Gasteiger partial charge in [-0.05, 0) is 78.4 Å². The highest BCUT2D eigenvalue weighted by atomic mass is 16.5. The number of carbonyl (C=O) groups excluding carboxylic acids is 1. The number of aliphatic hydroxyl groups is 2. The van der Waals surface area contributed by atoms with Gasteiger partial charge in [0, 0.05) is 30.1 Å². The molecule has 0 aromatic heterocycles. The maximum absolute atomic E-state index is 12.1. The summed E-state index contributed by atoms with van der Waals surface area (Å²) in [6.45, 7) is 20.5. The van der Waals surface area contributed by atoms with E-state index in [-0.39, 0.29) is 40.2 Å². The van der Waals surface area contributed by atoms with Crippen molar-refractivity contribution < 1.29 is 19.7 Å². The minimum absolute atomic E-state index is 0.0225. The fourth-order valence-electron chi connectivity index (χ4n) is 11.3. The van der Waals surface area contributed by atoms with E-state index in [0.29, 0.717) is 29.6 Å². The van der Waals surface area contributed by atoms with E-state index in [0.717, 1.165) is 12.8 Å². The number of hydrogen-bond donors (Lipinski definition) is 2. The highest BCUT2D eigenvalue weighted by molar-refractivity contribution is 5.66. The van der Waals surface area contributed by atoms with Crippen molar-refractivity contribution in [3.8, 4) is 0 Å². The van der Waals surface area contributed by atoms with Gasteiger partial charge in [-0.1, -0.05) is 67.0 Å². The van der Waals surface area contributed by atoms with Gasteiger partial charge in [-0.3, -0.25) is 4.79 Å². The topological polar surface area (TPSA) is 66.8 Å². The van der Waals surface area contributed by atoms with Gasteiger partial charge in [0.15, 0.2) is 0 Å². The summed E-state index contributed by atoms with van der Waals surface area (Å²) < 4.78 is 5.78. The molecule has 0 radical (unpaired) electrons. The zero-order valence-electron chi connectivity index (χ0n) is 24.4. The van der Waals surface area contributed by atoms with Crippen LogP contribution in [0.5, 0.6) is 0 Å². The summed E-state index contributed by atoms with van der Waals surface area (Å²) in [5, 5.41) is 23.9. The molecule has 5 rings (SSSR count). The van der Waals surface area contributed by atoms with Crippen molar-refractivity contribution >= 4 is 5.97 Å². The van der Waals surface area contributed by atoms with Gasteiger partial charge >= 0.3 is 5.97 Å². The third kappa shape index (κ3) is 3.22. The second-order valence-electron chi connectivity index (χ2n) is 15.5. The van der Waals surface area contributed by atoms with Gasteiger partial charge in [0.05, 0.1) is 12.2 Å². The van der Waals surface area contributed by atoms with E-state index in [1.165, 1.54) is 38.2 Å². The largest absolute Gasteiger partial charge is 0.462 e. The molecule has 0 heterocycles. The molecule has 5 aliphatic carbocycles. The fraction of sp³-hybridized carbons (Fsp3) is 0.906. The lowest BCUT2D eigenvalue weighted by atomic mass is 9.32. The standard InChI is InChI=1S/C32H52O4/c1-18-10-12-29(6)14-15-30(7)21(26(29)19(18)2)16-22(34)27-31(30,8)13-11-23-28(4,5)25(36-20(3)33)17-24(35)32(23,27)9/h16,18-19,22-27,34-35H,10-15,17H2,1-9H3/t18-,19+,22-,23?,24-,25+,26+,27+,29-,30-,31-,32-/m1/s1. The number of ether oxygens (including phenoxy) is 1. The molecule has 0 aromatic rings. The molecule has 0 saturated heterocycles. The molecule has 204 valence electrons. The maximum Gasteiger partial charge on any atom is 0.302 e. The Kier molecular flexibility index (Phi) is 5.99. The molecule has 1 unspecified atom stereocenters. The van der Waals surface area contributed by atoms with Crippen LogP contribution in [0.15, 0.2) is 11.6 Å². The molecule has 4 saturated carbocycles. The van der Waals surface area contributed by atoms with Crippen molar-refractivity contribution in [2.24, 2.45) is 56.7 Å². The second-order valence-corrected chi connectivity index (χ2v) is 15.5. The average Bonchev–Trinajstić information content (AvgIpc) is 2.76. The molecule has 0 bridgehead atoms. The fourth-order valence-corrected chi connectivity index (χ4v) is 11.3. The van der Waals surface area contributed by atoms with E-state index < -0.39 is 17.6 Å². The van der Waals surface area contributed by atoms with Crippen LogP contribution < -0.4 is 0 Å². The van der Waals surface area contributed by atoms with E-state index in [1.807, 2.05) is 0 Å². The Bertz CT molecular complexity index is 954. The van der Waals surface area contributed by atoms with Crippen LogP contribution in [0, 0.1) is 56.7 Å². The molecule has 0 aromatic carbocycles. The summed E-state index contributed by atoms with van der Waals surface area (Å²) in [6, 6.07) is 0. The predicted octanol–water partition coefficient (Wildman–Crippen LogP) is 6.54. The van der Waals surface area contributed by atoms with Crippen molar-refractivity contribution in [2.45, 2.75) is 126 Å². The van der Waals surface area contributed by atoms with Gasteiger partial charge in [-0.2, -0.15) is 0 Å². The van der Waals surface area contributed by atoms with Crippen LogP contribution in [-0.2, 0) is 9.53 Å². The zero-order chi connectivity index (χ0) is 26.6. The van der Waals surface area contributed by atoms with Crippen LogP contribution in [0.4, 0.5) is 0 Å². The minimum Gasteiger partial charge on any atom is -0.462 e. The number of esters is 1. The SMILES string of the molecule is CC(=O)O[C@H]1C[C@@H](O)[C@@]2(C)C(CC[C@]3(C)[C@@H]2[C@H](O)C=C2[C@@H]4[C@@H](C)[C@H](C)CC[C@]4(C)CC[C@]23C)C1(C)C. The Labute approximate surface area is 219 Å². The molecular weight excluding hydrogens is 448 g/mol. The van der Waals surface area contributed by atoms with Gasteiger partial charge in [0.1, 0.15) is 6.10 Å². The molecule has 2 N–H and O–H groups in total. The number of aliphatic hydroxyl groups excluding tert-OH is 2. The van der Waals surface area contributed by atoms with E-state index in [1.54, 1.807) is 0 Å². The van der Waals surface area contributed by atoms with Crippen LogP contribution in [0.25, 0.3) is 0 Å². The lowest BCUT2D eigenvalue weighted by molar-refractivity contribution is -0.263. The normalized spacial score (nSPS) is 55.8. The first-order chi connectivity index (χ1) is 16.5. The smallest absolute Gasteiger partial charge is 0.302 e. The second kappa shape index (κ2) is 8.07. The molecule has 0 aliphatic heterocycles. The molecule has 36 heavy (non-hydrogen) atoms. The third-order valence-corrected chi connectivity index (χ3v) is 13.7. The van der Waals surface area contributed by atoms with Crippen LogP contribution in [0.3, 0.4) is 0 Å². The third-order valence-electron chi connectivity index (χ3n) is 13.7. The molecule has 5 aliphatic rings. The Morgan fingerprint density at radius 2 is 1.64 bits per heavy atom. The molecule has 12 atom stereocenters. The first kappa shape index (κ1) is 26.7. The average molecular weight is 501 g/mol. The number of rotatable bonds is 1. The molecular formula is C32H52O4. The molecule has 0 spiro atoms. The lowest BCUT2D eigenvalue weighted by Gasteiger charge is -2.72. The van der Waals surface area contributed by atoms with Gasteiger partial charge in [0.25, 0.3) is 0 Å². The summed E-state index contributed by atoms with van der Waals surface area (Å²) >= 11 is 0. The molecule has 0 amide bonds. The Morgan fingerprint density at radius 3 is 2.28 bits per heavy atom. The van der Waals surface area contributed by atoms with E-state index in [2.05, 4.69) is 61.5 Å². The molecule has 4 heteroatoms. The quantitative estimate of drug-likeness (QED) is 0.317. The summed E-state index contributed by atoms with van der Waals surface area (Å²) in [6.07, 6.45) is 8.32. The van der Waals surface area contributed by atoms with Crippen LogP contribution in [0.2, 0.25) is 0 Å². The number of fused-ring (bicyclic) bond motifs is 7. The highest BCUT2D eigenvalue weighted by Crippen LogP contribution is 2.75. The van der Waals surface area contributed by atoms with E-state index >= 15 is 0 Å². The van der Waals surface area contributed by atoms with Crippen LogP contribution >= 0.6 is 0 Å². The van der Waals surface area contributed by atoms with Crippen molar-refractivity contribution in [3.05, 3.63) is 11.6 Å². The number of allylic oxidation sites excluding steroid dienone is 1. The maximum atomic E-state index is 12.1. The van der Waals surface area contributed by atoms with Crippen molar-refractivity contribution in [3.63, 3.8) is 0 Å². The zero-order valence-corrected chi connectivity index (χ0v) is 24.4. The first-order valence-corrected chi connectivity index (χ1v) is 14.8. The van der Waals surface area contributed by atoms with Gasteiger partial charge in [0.2, 0.25) is 0 Å². The summed E-state index contributed by atoms with van der Waals surface area (Å²) in [7, 11) is 0. The lowest BCUT2D eigenvalue weighted by Crippen LogP contribution is -2.71. The number of hydrogen-bond acceptors (Lipinski definition) is 4. The molecule has 4 nitrogen and oxygen atoms in total. The summed E-state index contributed by atoms with van der Waals surface area (Å²) in [4.78, 5) is 11.9. The van der Waals surface area contributed by atoms with Crippen molar-refractivity contribution in [1.82, 2.24) is 0 Å². The van der Waals surface area contributed by atoms with Gasteiger partial charge < -0.3 is 14.9 Å². The van der Waals surface area contributed by atoms with Gasteiger partial charge in [-0.15, -0.1) is 0 Å². The molecule has 4 fully saturated rings. The highest BCUT2D eigenvalue weighted by Gasteiger charge is 2.72. The van der Waals surface area contributed by atoms with Gasteiger partial charge in [-0.25, -0.2) is 0 Å². The Hall–Kier alpha value is -0.870. The Morgan fingerprint density at radius 1 is 0.972 bits per heavy atom. The predicted molar refractivity (Wildman–Crippen MR) is 143 cm³/mol. The monoisotopic (exact) mass is 500 g/mol. The first-order valence-electron chi connectivity index (χ1n) is 14.8. The van der Waals surface area contributed by atoms with Crippen molar-refractivity contribution in [2.75, 3.05) is 0 Å². The van der Waals surface area contributed by atoms with E-state index in [9.17, 15) is 15.0 Å². The Balaban J connectivity index is 1.62.